The minimum absolute atomic E-state index is 0.0213. The Morgan fingerprint density at radius 1 is 1.23 bits per heavy atom. The molecule has 6 nitrogen and oxygen atoms in total. The van der Waals surface area contributed by atoms with Gasteiger partial charge >= 0.3 is 0 Å². The molecule has 1 heterocycles. The maximum Gasteiger partial charge on any atom is 0.262 e. The topological polar surface area (TPSA) is 78.5 Å². The Balaban J connectivity index is 1.86. The van der Waals surface area contributed by atoms with Crippen LogP contribution in [0.25, 0.3) is 0 Å². The van der Waals surface area contributed by atoms with E-state index in [0.717, 1.165) is 0 Å². The number of para-hydroxylation sites is 1. The van der Waals surface area contributed by atoms with Crippen molar-refractivity contribution in [2.75, 3.05) is 24.4 Å². The quantitative estimate of drug-likeness (QED) is 0.855. The van der Waals surface area contributed by atoms with Crippen molar-refractivity contribution >= 4 is 21.6 Å². The van der Waals surface area contributed by atoms with Gasteiger partial charge in [0.1, 0.15) is 5.82 Å². The van der Waals surface area contributed by atoms with Gasteiger partial charge in [-0.05, 0) is 37.3 Å². The van der Waals surface area contributed by atoms with E-state index in [1.165, 1.54) is 42.5 Å². The van der Waals surface area contributed by atoms with Crippen LogP contribution < -0.4 is 10.0 Å². The average Bonchev–Trinajstić information content (AvgIpc) is 2.63. The molecular formula is C18H20FN3O3S. The van der Waals surface area contributed by atoms with Crippen molar-refractivity contribution in [3.05, 3.63) is 59.9 Å². The second kappa shape index (κ2) is 7.43. The molecule has 0 bridgehead atoms. The molecule has 1 atom stereocenters. The maximum absolute atomic E-state index is 13.7. The molecule has 1 amide bonds. The molecule has 8 heteroatoms. The monoisotopic (exact) mass is 377 g/mol. The highest BCUT2D eigenvalue weighted by Crippen LogP contribution is 2.20. The van der Waals surface area contributed by atoms with Crippen LogP contribution in [0.15, 0.2) is 53.4 Å². The average molecular weight is 377 g/mol. The van der Waals surface area contributed by atoms with Gasteiger partial charge < -0.3 is 10.2 Å². The van der Waals surface area contributed by atoms with Gasteiger partial charge in [-0.1, -0.05) is 18.2 Å². The lowest BCUT2D eigenvalue weighted by atomic mass is 10.1. The van der Waals surface area contributed by atoms with E-state index in [0.29, 0.717) is 19.6 Å². The molecule has 0 unspecified atom stereocenters. The number of rotatable bonds is 4. The lowest BCUT2D eigenvalue weighted by molar-refractivity contribution is 0.0655. The van der Waals surface area contributed by atoms with Gasteiger partial charge in [-0.2, -0.15) is 0 Å². The smallest absolute Gasteiger partial charge is 0.262 e. The number of hydrogen-bond acceptors (Lipinski definition) is 4. The van der Waals surface area contributed by atoms with Crippen molar-refractivity contribution in [2.24, 2.45) is 0 Å². The van der Waals surface area contributed by atoms with Crippen LogP contribution >= 0.6 is 0 Å². The number of benzene rings is 2. The van der Waals surface area contributed by atoms with Crippen LogP contribution in [0.2, 0.25) is 0 Å². The van der Waals surface area contributed by atoms with E-state index < -0.39 is 15.8 Å². The lowest BCUT2D eigenvalue weighted by Crippen LogP contribution is -2.52. The van der Waals surface area contributed by atoms with Crippen molar-refractivity contribution < 1.29 is 17.6 Å². The zero-order valence-corrected chi connectivity index (χ0v) is 15.1. The first kappa shape index (κ1) is 18.3. The minimum atomic E-state index is -4.01. The van der Waals surface area contributed by atoms with E-state index in [1.807, 2.05) is 6.92 Å². The number of sulfonamides is 1. The molecule has 0 aliphatic carbocycles. The number of nitrogens with zero attached hydrogens (tertiary/aromatic N) is 1. The normalized spacial score (nSPS) is 17.8. The van der Waals surface area contributed by atoms with Crippen LogP contribution in [-0.2, 0) is 10.0 Å². The van der Waals surface area contributed by atoms with Gasteiger partial charge in [0, 0.05) is 31.2 Å². The first-order valence-electron chi connectivity index (χ1n) is 8.27. The number of hydrogen-bond donors (Lipinski definition) is 2. The van der Waals surface area contributed by atoms with Crippen LogP contribution in [0.1, 0.15) is 17.3 Å². The Bertz CT molecular complexity index is 917. The molecule has 0 radical (unpaired) electrons. The molecule has 1 saturated heterocycles. The molecule has 26 heavy (non-hydrogen) atoms. The first-order valence-corrected chi connectivity index (χ1v) is 9.76. The van der Waals surface area contributed by atoms with E-state index >= 15 is 0 Å². The second-order valence-electron chi connectivity index (χ2n) is 6.16. The van der Waals surface area contributed by atoms with Crippen molar-refractivity contribution in [2.45, 2.75) is 17.9 Å². The summed E-state index contributed by atoms with van der Waals surface area (Å²) in [5.41, 5.74) is 0.148. The molecule has 0 saturated carbocycles. The van der Waals surface area contributed by atoms with E-state index in [9.17, 15) is 17.6 Å². The molecule has 2 aromatic carbocycles. The van der Waals surface area contributed by atoms with E-state index in [1.54, 1.807) is 11.0 Å². The van der Waals surface area contributed by atoms with Gasteiger partial charge in [-0.3, -0.25) is 9.52 Å². The molecule has 138 valence electrons. The summed E-state index contributed by atoms with van der Waals surface area (Å²) in [5, 5.41) is 3.20. The SMILES string of the molecule is C[C@@H]1CNCCN1C(=O)c1cccc(S(=O)(=O)Nc2ccccc2F)c1. The fourth-order valence-corrected chi connectivity index (χ4v) is 3.97. The predicted octanol–water partition coefficient (Wildman–Crippen LogP) is 2.06. The first-order chi connectivity index (χ1) is 12.4. The summed E-state index contributed by atoms with van der Waals surface area (Å²) in [4.78, 5) is 14.4. The Labute approximate surface area is 152 Å². The second-order valence-corrected chi connectivity index (χ2v) is 7.85. The number of halogens is 1. The lowest BCUT2D eigenvalue weighted by Gasteiger charge is -2.34. The Morgan fingerprint density at radius 3 is 2.73 bits per heavy atom. The van der Waals surface area contributed by atoms with Crippen LogP contribution in [-0.4, -0.2) is 44.9 Å². The van der Waals surface area contributed by atoms with Crippen molar-refractivity contribution in [1.82, 2.24) is 10.2 Å². The summed E-state index contributed by atoms with van der Waals surface area (Å²) in [6.07, 6.45) is 0. The van der Waals surface area contributed by atoms with Crippen LogP contribution in [0.3, 0.4) is 0 Å². The fourth-order valence-electron chi connectivity index (χ4n) is 2.85. The van der Waals surface area contributed by atoms with Gasteiger partial charge in [-0.15, -0.1) is 0 Å². The van der Waals surface area contributed by atoms with Gasteiger partial charge in [0.2, 0.25) is 0 Å². The van der Waals surface area contributed by atoms with Gasteiger partial charge in [0.15, 0.2) is 0 Å². The van der Waals surface area contributed by atoms with Crippen LogP contribution in [0.5, 0.6) is 0 Å². The third-order valence-corrected chi connectivity index (χ3v) is 5.63. The summed E-state index contributed by atoms with van der Waals surface area (Å²) in [6, 6.07) is 11.3. The van der Waals surface area contributed by atoms with E-state index in [2.05, 4.69) is 10.0 Å². The zero-order valence-electron chi connectivity index (χ0n) is 14.3. The molecule has 1 fully saturated rings. The highest BCUT2D eigenvalue weighted by molar-refractivity contribution is 7.92. The maximum atomic E-state index is 13.7. The number of amides is 1. The predicted molar refractivity (Wildman–Crippen MR) is 97.0 cm³/mol. The van der Waals surface area contributed by atoms with Crippen LogP contribution in [0, 0.1) is 5.82 Å². The molecule has 3 rings (SSSR count). The van der Waals surface area contributed by atoms with Crippen molar-refractivity contribution in [3.63, 3.8) is 0 Å². The zero-order chi connectivity index (χ0) is 18.7. The number of anilines is 1. The van der Waals surface area contributed by atoms with Crippen molar-refractivity contribution in [3.8, 4) is 0 Å². The molecular weight excluding hydrogens is 357 g/mol. The highest BCUT2D eigenvalue weighted by atomic mass is 32.2. The van der Waals surface area contributed by atoms with Crippen molar-refractivity contribution in [1.29, 1.82) is 0 Å². The molecule has 2 aromatic rings. The summed E-state index contributed by atoms with van der Waals surface area (Å²) in [5.74, 6) is -0.889. The Morgan fingerprint density at radius 2 is 2.00 bits per heavy atom. The summed E-state index contributed by atoms with van der Waals surface area (Å²) in [6.45, 7) is 3.89. The molecule has 2 N–H and O–H groups in total. The standard InChI is InChI=1S/C18H20FN3O3S/c1-13-12-20-9-10-22(13)18(23)14-5-4-6-15(11-14)26(24,25)21-17-8-3-2-7-16(17)19/h2-8,11,13,20-21H,9-10,12H2,1H3/t13-/m1/s1. The van der Waals surface area contributed by atoms with E-state index in [-0.39, 0.29) is 28.1 Å². The molecule has 1 aliphatic heterocycles. The highest BCUT2D eigenvalue weighted by Gasteiger charge is 2.25. The number of nitrogens with one attached hydrogen (secondary N) is 2. The minimum Gasteiger partial charge on any atom is -0.333 e. The van der Waals surface area contributed by atoms with Gasteiger partial charge in [-0.25, -0.2) is 12.8 Å². The molecule has 1 aliphatic rings. The van der Waals surface area contributed by atoms with Gasteiger partial charge in [0.05, 0.1) is 10.6 Å². The van der Waals surface area contributed by atoms with Crippen LogP contribution in [0.4, 0.5) is 10.1 Å². The number of piperazine rings is 1. The third-order valence-electron chi connectivity index (χ3n) is 4.27. The Kier molecular flexibility index (Phi) is 5.24. The largest absolute Gasteiger partial charge is 0.333 e. The number of carbonyl (C=O) groups excluding carboxylic acids is 1. The summed E-state index contributed by atoms with van der Waals surface area (Å²) in [7, 11) is -4.01. The molecule has 0 spiro atoms. The Hall–Kier alpha value is -2.45. The van der Waals surface area contributed by atoms with Gasteiger partial charge in [0.25, 0.3) is 15.9 Å². The number of carbonyl (C=O) groups is 1. The summed E-state index contributed by atoms with van der Waals surface area (Å²) < 4.78 is 41.1. The fraction of sp³-hybridized carbons (Fsp3) is 0.278. The molecule has 0 aromatic heterocycles. The third kappa shape index (κ3) is 3.86. The van der Waals surface area contributed by atoms with E-state index in [4.69, 9.17) is 0 Å². The summed E-state index contributed by atoms with van der Waals surface area (Å²) >= 11 is 0.